The van der Waals surface area contributed by atoms with Gasteiger partial charge in [-0.3, -0.25) is 4.84 Å². The molecule has 1 aliphatic rings. The predicted molar refractivity (Wildman–Crippen MR) is 58.3 cm³/mol. The number of sulfonamides is 1. The van der Waals surface area contributed by atoms with Crippen molar-refractivity contribution in [3.63, 3.8) is 0 Å². The molecular formula is C9H13NO3S2. The van der Waals surface area contributed by atoms with Crippen LogP contribution in [0.2, 0.25) is 0 Å². The lowest BCUT2D eigenvalue weighted by molar-refractivity contribution is -0.0284. The summed E-state index contributed by atoms with van der Waals surface area (Å²) in [4.78, 5) is 7.29. The molecule has 0 N–H and O–H groups in total. The lowest BCUT2D eigenvalue weighted by Crippen LogP contribution is -2.26. The van der Waals surface area contributed by atoms with E-state index in [9.17, 15) is 8.42 Å². The molecule has 1 aromatic rings. The monoisotopic (exact) mass is 247 g/mol. The van der Waals surface area contributed by atoms with Gasteiger partial charge in [0.05, 0.1) is 11.5 Å². The van der Waals surface area contributed by atoms with E-state index in [1.807, 2.05) is 13.8 Å². The van der Waals surface area contributed by atoms with Gasteiger partial charge < -0.3 is 0 Å². The molecule has 1 aromatic heterocycles. The first kappa shape index (κ1) is 11.1. The van der Waals surface area contributed by atoms with Gasteiger partial charge in [0, 0.05) is 16.3 Å². The van der Waals surface area contributed by atoms with E-state index >= 15 is 0 Å². The third-order valence-corrected chi connectivity index (χ3v) is 5.16. The summed E-state index contributed by atoms with van der Waals surface area (Å²) < 4.78 is 25.3. The van der Waals surface area contributed by atoms with Crippen LogP contribution in [-0.4, -0.2) is 26.0 Å². The SMILES string of the molecule is Cc1cc(S(=O)(=O)N2CCCO2)c(C)s1. The third-order valence-electron chi connectivity index (χ3n) is 2.26. The number of aryl methyl sites for hydroxylation is 2. The average molecular weight is 247 g/mol. The van der Waals surface area contributed by atoms with Gasteiger partial charge in [-0.25, -0.2) is 8.42 Å². The summed E-state index contributed by atoms with van der Waals surface area (Å²) in [5, 5.41) is 0. The van der Waals surface area contributed by atoms with Crippen LogP contribution in [0.5, 0.6) is 0 Å². The number of hydroxylamine groups is 1. The van der Waals surface area contributed by atoms with E-state index in [1.165, 1.54) is 11.3 Å². The molecule has 1 saturated heterocycles. The van der Waals surface area contributed by atoms with Gasteiger partial charge in [0.1, 0.15) is 0 Å². The number of hydrogen-bond acceptors (Lipinski definition) is 4. The van der Waals surface area contributed by atoms with Gasteiger partial charge in [-0.05, 0) is 26.3 Å². The molecule has 0 unspecified atom stereocenters. The summed E-state index contributed by atoms with van der Waals surface area (Å²) in [5.41, 5.74) is 0. The highest BCUT2D eigenvalue weighted by atomic mass is 32.2. The van der Waals surface area contributed by atoms with Crippen LogP contribution in [0.15, 0.2) is 11.0 Å². The van der Waals surface area contributed by atoms with Crippen molar-refractivity contribution in [1.29, 1.82) is 0 Å². The van der Waals surface area contributed by atoms with Crippen LogP contribution in [0.4, 0.5) is 0 Å². The Labute approximate surface area is 93.5 Å². The Morgan fingerprint density at radius 3 is 2.67 bits per heavy atom. The molecule has 4 nitrogen and oxygen atoms in total. The molecule has 2 rings (SSSR count). The molecule has 0 radical (unpaired) electrons. The minimum atomic E-state index is -3.43. The Balaban J connectivity index is 2.40. The highest BCUT2D eigenvalue weighted by Crippen LogP contribution is 2.28. The van der Waals surface area contributed by atoms with Crippen LogP contribution >= 0.6 is 11.3 Å². The first-order chi connectivity index (χ1) is 7.01. The summed E-state index contributed by atoms with van der Waals surface area (Å²) >= 11 is 1.49. The number of thiophene rings is 1. The van der Waals surface area contributed by atoms with Gasteiger partial charge in [-0.15, -0.1) is 11.3 Å². The van der Waals surface area contributed by atoms with E-state index in [0.29, 0.717) is 18.0 Å². The van der Waals surface area contributed by atoms with Crippen LogP contribution in [0.3, 0.4) is 0 Å². The second kappa shape index (κ2) is 3.86. The summed E-state index contributed by atoms with van der Waals surface area (Å²) in [7, 11) is -3.43. The lowest BCUT2D eigenvalue weighted by Gasteiger charge is -2.13. The number of hydrogen-bond donors (Lipinski definition) is 0. The average Bonchev–Trinajstić information content (AvgIpc) is 2.74. The topological polar surface area (TPSA) is 46.6 Å². The zero-order valence-electron chi connectivity index (χ0n) is 8.69. The number of rotatable bonds is 2. The van der Waals surface area contributed by atoms with Crippen molar-refractivity contribution < 1.29 is 13.3 Å². The molecule has 0 aliphatic carbocycles. The van der Waals surface area contributed by atoms with Crippen LogP contribution in [0.1, 0.15) is 16.2 Å². The Hall–Kier alpha value is -0.430. The maximum Gasteiger partial charge on any atom is 0.266 e. The van der Waals surface area contributed by atoms with Crippen molar-refractivity contribution in [2.75, 3.05) is 13.2 Å². The molecule has 0 aromatic carbocycles. The molecule has 2 heterocycles. The lowest BCUT2D eigenvalue weighted by atomic mass is 10.4. The number of nitrogens with zero attached hydrogens (tertiary/aromatic N) is 1. The molecule has 84 valence electrons. The summed E-state index contributed by atoms with van der Waals surface area (Å²) in [6.45, 7) is 4.67. The van der Waals surface area contributed by atoms with Crippen LogP contribution in [0, 0.1) is 13.8 Å². The molecule has 0 bridgehead atoms. The Bertz CT molecular complexity index is 458. The second-order valence-corrected chi connectivity index (χ2v) is 6.75. The maximum absolute atomic E-state index is 12.1. The molecule has 0 saturated carbocycles. The fourth-order valence-corrected chi connectivity index (χ4v) is 4.41. The third kappa shape index (κ3) is 1.94. The highest BCUT2D eigenvalue weighted by molar-refractivity contribution is 7.89. The minimum absolute atomic E-state index is 0.381. The first-order valence-corrected chi connectivity index (χ1v) is 7.00. The Morgan fingerprint density at radius 2 is 2.20 bits per heavy atom. The van der Waals surface area contributed by atoms with Gasteiger partial charge in [0.25, 0.3) is 10.0 Å². The molecule has 1 aliphatic heterocycles. The maximum atomic E-state index is 12.1. The van der Waals surface area contributed by atoms with Crippen molar-refractivity contribution >= 4 is 21.4 Å². The molecule has 1 fully saturated rings. The van der Waals surface area contributed by atoms with E-state index in [0.717, 1.165) is 20.6 Å². The second-order valence-electron chi connectivity index (χ2n) is 3.50. The Morgan fingerprint density at radius 1 is 1.47 bits per heavy atom. The van der Waals surface area contributed by atoms with E-state index in [1.54, 1.807) is 6.07 Å². The van der Waals surface area contributed by atoms with Crippen molar-refractivity contribution in [3.05, 3.63) is 15.8 Å². The van der Waals surface area contributed by atoms with Crippen LogP contribution < -0.4 is 0 Å². The zero-order valence-corrected chi connectivity index (χ0v) is 10.3. The summed E-state index contributed by atoms with van der Waals surface area (Å²) in [6.07, 6.45) is 0.765. The van der Waals surface area contributed by atoms with Gasteiger partial charge in [-0.2, -0.15) is 0 Å². The van der Waals surface area contributed by atoms with Gasteiger partial charge in [0.15, 0.2) is 0 Å². The quantitative estimate of drug-likeness (QED) is 0.799. The largest absolute Gasteiger partial charge is 0.284 e. The molecule has 0 atom stereocenters. The molecule has 6 heteroatoms. The standard InChI is InChI=1S/C9H13NO3S2/c1-7-6-9(8(2)14-7)15(11,12)10-4-3-5-13-10/h6H,3-5H2,1-2H3. The van der Waals surface area contributed by atoms with E-state index in [4.69, 9.17) is 4.84 Å². The van der Waals surface area contributed by atoms with E-state index in [2.05, 4.69) is 0 Å². The predicted octanol–water partition coefficient (Wildman–Crippen LogP) is 1.69. The molecule has 0 spiro atoms. The normalized spacial score (nSPS) is 18.5. The van der Waals surface area contributed by atoms with Crippen molar-refractivity contribution in [1.82, 2.24) is 4.47 Å². The van der Waals surface area contributed by atoms with Crippen molar-refractivity contribution in [2.45, 2.75) is 25.2 Å². The summed E-state index contributed by atoms with van der Waals surface area (Å²) in [6, 6.07) is 1.71. The first-order valence-electron chi connectivity index (χ1n) is 4.74. The molecule has 15 heavy (non-hydrogen) atoms. The van der Waals surface area contributed by atoms with Crippen molar-refractivity contribution in [2.24, 2.45) is 0 Å². The van der Waals surface area contributed by atoms with Crippen molar-refractivity contribution in [3.8, 4) is 0 Å². The fraction of sp³-hybridized carbons (Fsp3) is 0.556. The van der Waals surface area contributed by atoms with Gasteiger partial charge >= 0.3 is 0 Å². The molecular weight excluding hydrogens is 234 g/mol. The van der Waals surface area contributed by atoms with Gasteiger partial charge in [-0.1, -0.05) is 4.47 Å². The molecule has 0 amide bonds. The Kier molecular flexibility index (Phi) is 2.85. The summed E-state index contributed by atoms with van der Waals surface area (Å²) in [5.74, 6) is 0. The van der Waals surface area contributed by atoms with Gasteiger partial charge in [0.2, 0.25) is 0 Å². The minimum Gasteiger partial charge on any atom is -0.284 e. The van der Waals surface area contributed by atoms with E-state index < -0.39 is 10.0 Å². The fourth-order valence-electron chi connectivity index (χ4n) is 1.59. The highest BCUT2D eigenvalue weighted by Gasteiger charge is 2.30. The van der Waals surface area contributed by atoms with Crippen LogP contribution in [0.25, 0.3) is 0 Å². The van der Waals surface area contributed by atoms with Crippen LogP contribution in [-0.2, 0) is 14.9 Å². The zero-order chi connectivity index (χ0) is 11.1. The smallest absolute Gasteiger partial charge is 0.266 e. The van der Waals surface area contributed by atoms with E-state index in [-0.39, 0.29) is 0 Å².